The molecule has 5 heteroatoms. The van der Waals surface area contributed by atoms with Gasteiger partial charge in [0, 0.05) is 6.61 Å². The van der Waals surface area contributed by atoms with Crippen molar-refractivity contribution in [1.29, 1.82) is 5.41 Å². The van der Waals surface area contributed by atoms with Crippen LogP contribution in [0.3, 0.4) is 0 Å². The summed E-state index contributed by atoms with van der Waals surface area (Å²) in [6.07, 6.45) is 5.18. The first-order chi connectivity index (χ1) is 8.25. The van der Waals surface area contributed by atoms with Crippen LogP contribution < -0.4 is 10.5 Å². The Morgan fingerprint density at radius 3 is 3.00 bits per heavy atom. The van der Waals surface area contributed by atoms with Gasteiger partial charge in [0.1, 0.15) is 23.9 Å². The van der Waals surface area contributed by atoms with Crippen LogP contribution in [-0.2, 0) is 4.74 Å². The highest BCUT2D eigenvalue weighted by atomic mass is 16.5. The van der Waals surface area contributed by atoms with Crippen molar-refractivity contribution in [2.45, 2.75) is 25.4 Å². The summed E-state index contributed by atoms with van der Waals surface area (Å²) in [4.78, 5) is 4.03. The number of amidine groups is 1. The lowest BCUT2D eigenvalue weighted by atomic mass is 10.1. The van der Waals surface area contributed by atoms with Gasteiger partial charge in [0.2, 0.25) is 0 Å². The van der Waals surface area contributed by atoms with Crippen LogP contribution in [0, 0.1) is 5.41 Å². The van der Waals surface area contributed by atoms with Gasteiger partial charge < -0.3 is 15.2 Å². The van der Waals surface area contributed by atoms with Crippen molar-refractivity contribution in [2.24, 2.45) is 5.73 Å². The zero-order valence-electron chi connectivity index (χ0n) is 9.69. The van der Waals surface area contributed by atoms with Gasteiger partial charge in [0.25, 0.3) is 0 Å². The number of nitrogens with one attached hydrogen (secondary N) is 1. The first-order valence-corrected chi connectivity index (χ1v) is 5.80. The summed E-state index contributed by atoms with van der Waals surface area (Å²) in [5.74, 6) is 0.649. The highest BCUT2D eigenvalue weighted by Crippen LogP contribution is 2.15. The molecular weight excluding hydrogens is 218 g/mol. The van der Waals surface area contributed by atoms with Crippen molar-refractivity contribution in [3.05, 3.63) is 24.0 Å². The van der Waals surface area contributed by atoms with Crippen LogP contribution in [0.4, 0.5) is 0 Å². The molecule has 3 N–H and O–H groups in total. The van der Waals surface area contributed by atoms with Crippen molar-refractivity contribution < 1.29 is 9.47 Å². The molecule has 0 aliphatic carbocycles. The van der Waals surface area contributed by atoms with Crippen molar-refractivity contribution in [1.82, 2.24) is 4.98 Å². The Morgan fingerprint density at radius 1 is 1.53 bits per heavy atom. The maximum absolute atomic E-state index is 7.22. The van der Waals surface area contributed by atoms with Crippen LogP contribution in [-0.4, -0.2) is 30.1 Å². The lowest BCUT2D eigenvalue weighted by molar-refractivity contribution is -0.0111. The number of ether oxygens (including phenoxy) is 2. The number of hydrogen-bond acceptors (Lipinski definition) is 4. The normalized spacial score (nSPS) is 19.9. The van der Waals surface area contributed by atoms with Crippen LogP contribution in [0.1, 0.15) is 25.0 Å². The number of hydrogen-bond donors (Lipinski definition) is 2. The van der Waals surface area contributed by atoms with Crippen LogP contribution in [0.2, 0.25) is 0 Å². The molecule has 92 valence electrons. The fourth-order valence-corrected chi connectivity index (χ4v) is 1.75. The van der Waals surface area contributed by atoms with Crippen LogP contribution in [0.25, 0.3) is 0 Å². The summed E-state index contributed by atoms with van der Waals surface area (Å²) < 4.78 is 11.1. The minimum Gasteiger partial charge on any atom is -0.489 e. The van der Waals surface area contributed by atoms with Gasteiger partial charge in [-0.15, -0.1) is 0 Å². The predicted octanol–water partition coefficient (Wildman–Crippen LogP) is 1.31. The summed E-state index contributed by atoms with van der Waals surface area (Å²) in [5.41, 5.74) is 5.78. The lowest BCUT2D eigenvalue weighted by Gasteiger charge is -2.22. The minimum absolute atomic E-state index is 0.0350. The molecule has 1 aliphatic heterocycles. The number of nitrogens with two attached hydrogens (primary N) is 1. The van der Waals surface area contributed by atoms with Gasteiger partial charge in [-0.2, -0.15) is 0 Å². The van der Waals surface area contributed by atoms with E-state index in [4.69, 9.17) is 20.6 Å². The van der Waals surface area contributed by atoms with E-state index in [2.05, 4.69) is 4.98 Å². The minimum atomic E-state index is -0.0350. The van der Waals surface area contributed by atoms with Gasteiger partial charge in [-0.05, 0) is 31.4 Å². The molecule has 0 spiro atoms. The van der Waals surface area contributed by atoms with Crippen molar-refractivity contribution >= 4 is 5.84 Å². The molecule has 1 saturated heterocycles. The summed E-state index contributed by atoms with van der Waals surface area (Å²) in [5, 5.41) is 7.22. The van der Waals surface area contributed by atoms with Gasteiger partial charge in [0.15, 0.2) is 0 Å². The maximum atomic E-state index is 7.22. The summed E-state index contributed by atoms with van der Waals surface area (Å²) in [6.45, 7) is 1.39. The first-order valence-electron chi connectivity index (χ1n) is 5.80. The predicted molar refractivity (Wildman–Crippen MR) is 64.3 cm³/mol. The highest BCUT2D eigenvalue weighted by molar-refractivity contribution is 5.92. The number of pyridine rings is 1. The van der Waals surface area contributed by atoms with E-state index < -0.39 is 0 Å². The van der Waals surface area contributed by atoms with E-state index in [0.29, 0.717) is 18.1 Å². The van der Waals surface area contributed by atoms with E-state index in [1.807, 2.05) is 0 Å². The average molecular weight is 235 g/mol. The molecule has 2 heterocycles. The van der Waals surface area contributed by atoms with Crippen LogP contribution >= 0.6 is 0 Å². The number of nitrogen functional groups attached to an aromatic ring is 1. The molecule has 1 aromatic rings. The second kappa shape index (κ2) is 5.63. The van der Waals surface area contributed by atoms with Crippen LogP contribution in [0.5, 0.6) is 5.75 Å². The fraction of sp³-hybridized carbons (Fsp3) is 0.500. The van der Waals surface area contributed by atoms with Gasteiger partial charge in [0.05, 0.1) is 12.3 Å². The highest BCUT2D eigenvalue weighted by Gasteiger charge is 2.14. The molecule has 2 rings (SSSR count). The average Bonchev–Trinajstić information content (AvgIpc) is 2.38. The molecule has 1 aliphatic rings. The van der Waals surface area contributed by atoms with E-state index in [1.165, 1.54) is 6.42 Å². The molecule has 0 aromatic carbocycles. The summed E-state index contributed by atoms with van der Waals surface area (Å²) >= 11 is 0. The molecule has 0 saturated carbocycles. The monoisotopic (exact) mass is 235 g/mol. The molecule has 0 amide bonds. The summed E-state index contributed by atoms with van der Waals surface area (Å²) in [6, 6.07) is 3.45. The van der Waals surface area contributed by atoms with Crippen molar-refractivity contribution in [3.8, 4) is 5.75 Å². The van der Waals surface area contributed by atoms with E-state index in [9.17, 15) is 0 Å². The molecule has 1 unspecified atom stereocenters. The second-order valence-electron chi connectivity index (χ2n) is 4.09. The van der Waals surface area contributed by atoms with Crippen molar-refractivity contribution in [2.75, 3.05) is 13.2 Å². The quantitative estimate of drug-likeness (QED) is 0.609. The Kier molecular flexibility index (Phi) is 3.93. The third-order valence-corrected chi connectivity index (χ3v) is 2.72. The third kappa shape index (κ3) is 3.42. The smallest absolute Gasteiger partial charge is 0.141 e. The Labute approximate surface area is 100 Å². The largest absolute Gasteiger partial charge is 0.489 e. The second-order valence-corrected chi connectivity index (χ2v) is 4.09. The molecule has 0 bridgehead atoms. The Morgan fingerprint density at radius 2 is 2.41 bits per heavy atom. The van der Waals surface area contributed by atoms with Gasteiger partial charge in [-0.1, -0.05) is 0 Å². The molecular formula is C12H17N3O2. The lowest BCUT2D eigenvalue weighted by Crippen LogP contribution is -2.25. The van der Waals surface area contributed by atoms with Gasteiger partial charge in [-0.3, -0.25) is 5.41 Å². The van der Waals surface area contributed by atoms with E-state index >= 15 is 0 Å². The van der Waals surface area contributed by atoms with Gasteiger partial charge >= 0.3 is 0 Å². The standard InChI is InChI=1S/C12H17N3O2/c13-12(14)11-5-4-9(7-15-11)17-8-10-3-1-2-6-16-10/h4-5,7,10H,1-3,6,8H2,(H3,13,14). The zero-order valence-corrected chi connectivity index (χ0v) is 9.69. The molecule has 1 atom stereocenters. The third-order valence-electron chi connectivity index (χ3n) is 2.72. The molecule has 0 radical (unpaired) electrons. The molecule has 5 nitrogen and oxygen atoms in total. The Hall–Kier alpha value is -1.62. The van der Waals surface area contributed by atoms with Gasteiger partial charge in [-0.25, -0.2) is 4.98 Å². The number of nitrogens with zero attached hydrogens (tertiary/aromatic N) is 1. The first kappa shape index (κ1) is 11.9. The molecule has 17 heavy (non-hydrogen) atoms. The van der Waals surface area contributed by atoms with E-state index in [0.717, 1.165) is 19.4 Å². The molecule has 1 fully saturated rings. The topological polar surface area (TPSA) is 81.2 Å². The van der Waals surface area contributed by atoms with Crippen molar-refractivity contribution in [3.63, 3.8) is 0 Å². The Balaban J connectivity index is 1.84. The fourth-order valence-electron chi connectivity index (χ4n) is 1.75. The molecule has 1 aromatic heterocycles. The van der Waals surface area contributed by atoms with Crippen LogP contribution in [0.15, 0.2) is 18.3 Å². The maximum Gasteiger partial charge on any atom is 0.141 e. The Bertz CT molecular complexity index is 372. The SMILES string of the molecule is N=C(N)c1ccc(OCC2CCCCO2)cn1. The zero-order chi connectivity index (χ0) is 12.1. The number of aromatic nitrogens is 1. The van der Waals surface area contributed by atoms with E-state index in [-0.39, 0.29) is 11.9 Å². The summed E-state index contributed by atoms with van der Waals surface area (Å²) in [7, 11) is 0. The number of rotatable bonds is 4. The van der Waals surface area contributed by atoms with E-state index in [1.54, 1.807) is 18.3 Å².